The van der Waals surface area contributed by atoms with E-state index < -0.39 is 46.6 Å². The molecule has 1 aromatic heterocycles. The van der Waals surface area contributed by atoms with Gasteiger partial charge >= 0.3 is 12.4 Å². The quantitative estimate of drug-likeness (QED) is 0.218. The number of hydrogen-bond acceptors (Lipinski definition) is 4. The zero-order valence-electron chi connectivity index (χ0n) is 23.0. The average molecular weight is 591 g/mol. The molecule has 1 unspecified atom stereocenters. The number of alkyl halides is 6. The van der Waals surface area contributed by atoms with Crippen LogP contribution in [0.15, 0.2) is 77.6 Å². The van der Waals surface area contributed by atoms with Gasteiger partial charge in [0.25, 0.3) is 11.5 Å². The molecule has 0 aliphatic rings. The number of aromatic nitrogens is 2. The SMILES string of the molecule is CCC(c1nc2ccccc2c(=O)n1-c1ccccc1)N(CCN(C)C)C(=O)c1cc(C(F)(F)F)cc(C(F)(F)F)c1. The van der Waals surface area contributed by atoms with Crippen molar-refractivity contribution in [2.75, 3.05) is 27.2 Å². The smallest absolute Gasteiger partial charge is 0.327 e. The lowest BCUT2D eigenvalue weighted by atomic mass is 10.0. The Labute approximate surface area is 237 Å². The van der Waals surface area contributed by atoms with E-state index in [0.717, 1.165) is 0 Å². The van der Waals surface area contributed by atoms with Crippen molar-refractivity contribution in [1.82, 2.24) is 19.4 Å². The van der Waals surface area contributed by atoms with Gasteiger partial charge in [0.05, 0.1) is 33.8 Å². The van der Waals surface area contributed by atoms with Crippen LogP contribution in [0.2, 0.25) is 0 Å². The predicted octanol–water partition coefficient (Wildman–Crippen LogP) is 6.58. The lowest BCUT2D eigenvalue weighted by molar-refractivity contribution is -0.143. The van der Waals surface area contributed by atoms with Gasteiger partial charge < -0.3 is 9.80 Å². The van der Waals surface area contributed by atoms with E-state index in [1.165, 1.54) is 9.47 Å². The Morgan fingerprint density at radius 1 is 0.857 bits per heavy atom. The Hall–Kier alpha value is -4.19. The summed E-state index contributed by atoms with van der Waals surface area (Å²) in [6, 6.07) is 14.9. The summed E-state index contributed by atoms with van der Waals surface area (Å²) < 4.78 is 83.1. The summed E-state index contributed by atoms with van der Waals surface area (Å²) >= 11 is 0. The molecule has 222 valence electrons. The van der Waals surface area contributed by atoms with E-state index >= 15 is 0 Å². The van der Waals surface area contributed by atoms with E-state index in [4.69, 9.17) is 4.98 Å². The molecule has 3 aromatic carbocycles. The number of likely N-dealkylation sites (N-methyl/N-ethyl adjacent to an activating group) is 1. The van der Waals surface area contributed by atoms with E-state index in [9.17, 15) is 35.9 Å². The number of amides is 1. The number of hydrogen-bond donors (Lipinski definition) is 0. The van der Waals surface area contributed by atoms with Gasteiger partial charge in [0.15, 0.2) is 0 Å². The maximum atomic E-state index is 13.9. The molecule has 0 N–H and O–H groups in total. The van der Waals surface area contributed by atoms with Crippen molar-refractivity contribution >= 4 is 16.8 Å². The van der Waals surface area contributed by atoms with Gasteiger partial charge in [-0.3, -0.25) is 14.2 Å². The summed E-state index contributed by atoms with van der Waals surface area (Å²) in [6.07, 6.45) is -10.1. The van der Waals surface area contributed by atoms with Crippen LogP contribution in [0.5, 0.6) is 0 Å². The summed E-state index contributed by atoms with van der Waals surface area (Å²) in [5.74, 6) is -0.926. The highest BCUT2D eigenvalue weighted by Gasteiger charge is 2.39. The molecular weight excluding hydrogens is 562 g/mol. The highest BCUT2D eigenvalue weighted by atomic mass is 19.4. The van der Waals surface area contributed by atoms with Crippen molar-refractivity contribution in [3.8, 4) is 5.69 Å². The van der Waals surface area contributed by atoms with Crippen LogP contribution in [0.25, 0.3) is 16.6 Å². The summed E-state index contributed by atoms with van der Waals surface area (Å²) in [5.41, 5.74) is -3.62. The molecule has 0 fully saturated rings. The number of para-hydroxylation sites is 2. The van der Waals surface area contributed by atoms with Crippen molar-refractivity contribution in [2.24, 2.45) is 0 Å². The van der Waals surface area contributed by atoms with Gasteiger partial charge in [-0.2, -0.15) is 26.3 Å². The van der Waals surface area contributed by atoms with E-state index in [-0.39, 0.29) is 31.4 Å². The largest absolute Gasteiger partial charge is 0.416 e. The molecule has 0 aliphatic heterocycles. The van der Waals surface area contributed by atoms with Gasteiger partial charge in [0.2, 0.25) is 0 Å². The van der Waals surface area contributed by atoms with Crippen LogP contribution in [0.4, 0.5) is 26.3 Å². The standard InChI is InChI=1S/C30H28F6N4O2/c1-4-25(26-37-24-13-9-8-12-23(24)28(42)40(26)22-10-6-5-7-11-22)39(15-14-38(2)3)27(41)19-16-20(29(31,32)33)18-21(17-19)30(34,35)36/h5-13,16-18,25H,4,14-15H2,1-3H3. The molecule has 1 heterocycles. The fourth-order valence-electron chi connectivity index (χ4n) is 4.69. The van der Waals surface area contributed by atoms with E-state index in [2.05, 4.69) is 0 Å². The van der Waals surface area contributed by atoms with Crippen molar-refractivity contribution < 1.29 is 31.1 Å². The third-order valence-electron chi connectivity index (χ3n) is 6.76. The number of fused-ring (bicyclic) bond motifs is 1. The Morgan fingerprint density at radius 2 is 1.43 bits per heavy atom. The molecule has 6 nitrogen and oxygen atoms in total. The Balaban J connectivity index is 1.96. The van der Waals surface area contributed by atoms with E-state index in [1.807, 2.05) is 0 Å². The van der Waals surface area contributed by atoms with Gasteiger partial charge in [-0.1, -0.05) is 37.3 Å². The molecule has 0 saturated carbocycles. The summed E-state index contributed by atoms with van der Waals surface area (Å²) in [4.78, 5) is 35.3. The van der Waals surface area contributed by atoms with Crippen LogP contribution >= 0.6 is 0 Å². The minimum atomic E-state index is -5.12. The van der Waals surface area contributed by atoms with E-state index in [0.29, 0.717) is 28.7 Å². The number of nitrogens with zero attached hydrogens (tertiary/aromatic N) is 4. The first kappa shape index (κ1) is 30.8. The molecule has 4 rings (SSSR count). The van der Waals surface area contributed by atoms with Gasteiger partial charge in [0, 0.05) is 18.7 Å². The lowest BCUT2D eigenvalue weighted by Crippen LogP contribution is -2.42. The van der Waals surface area contributed by atoms with Crippen molar-refractivity contribution in [3.63, 3.8) is 0 Å². The van der Waals surface area contributed by atoms with Crippen molar-refractivity contribution in [2.45, 2.75) is 31.7 Å². The fraction of sp³-hybridized carbons (Fsp3) is 0.300. The second-order valence-corrected chi connectivity index (χ2v) is 9.98. The molecule has 0 aliphatic carbocycles. The molecular formula is C30H28F6N4O2. The van der Waals surface area contributed by atoms with Crippen LogP contribution in [0, 0.1) is 0 Å². The molecule has 0 saturated heterocycles. The average Bonchev–Trinajstić information content (AvgIpc) is 2.94. The number of benzene rings is 3. The first-order valence-electron chi connectivity index (χ1n) is 13.0. The first-order valence-corrected chi connectivity index (χ1v) is 13.0. The Kier molecular flexibility index (Phi) is 8.76. The van der Waals surface area contributed by atoms with Gasteiger partial charge in [0.1, 0.15) is 5.82 Å². The second-order valence-electron chi connectivity index (χ2n) is 9.98. The molecule has 1 atom stereocenters. The number of carbonyl (C=O) groups is 1. The molecule has 1 amide bonds. The van der Waals surface area contributed by atoms with Crippen LogP contribution in [0.1, 0.15) is 46.7 Å². The molecule has 0 bridgehead atoms. The first-order chi connectivity index (χ1) is 19.7. The summed E-state index contributed by atoms with van der Waals surface area (Å²) in [6.45, 7) is 1.86. The predicted molar refractivity (Wildman–Crippen MR) is 146 cm³/mol. The third-order valence-corrected chi connectivity index (χ3v) is 6.76. The number of halogens is 6. The monoisotopic (exact) mass is 590 g/mol. The maximum absolute atomic E-state index is 13.9. The maximum Gasteiger partial charge on any atom is 0.416 e. The van der Waals surface area contributed by atoms with Crippen molar-refractivity contribution in [1.29, 1.82) is 0 Å². The highest BCUT2D eigenvalue weighted by molar-refractivity contribution is 5.95. The molecule has 42 heavy (non-hydrogen) atoms. The van der Waals surface area contributed by atoms with Gasteiger partial charge in [-0.15, -0.1) is 0 Å². The van der Waals surface area contributed by atoms with Crippen LogP contribution in [-0.2, 0) is 12.4 Å². The zero-order valence-corrected chi connectivity index (χ0v) is 23.0. The third kappa shape index (κ3) is 6.48. The molecule has 12 heteroatoms. The molecule has 4 aromatic rings. The fourth-order valence-corrected chi connectivity index (χ4v) is 4.69. The van der Waals surface area contributed by atoms with Crippen molar-refractivity contribution in [3.05, 3.63) is 106 Å². The Bertz CT molecular complexity index is 1600. The van der Waals surface area contributed by atoms with Crippen LogP contribution in [-0.4, -0.2) is 52.4 Å². The topological polar surface area (TPSA) is 58.4 Å². The van der Waals surface area contributed by atoms with Crippen LogP contribution in [0.3, 0.4) is 0 Å². The summed E-state index contributed by atoms with van der Waals surface area (Å²) in [5, 5.41) is 0.304. The summed E-state index contributed by atoms with van der Waals surface area (Å²) in [7, 11) is 3.42. The second kappa shape index (κ2) is 12.0. The van der Waals surface area contributed by atoms with Gasteiger partial charge in [-0.25, -0.2) is 4.98 Å². The van der Waals surface area contributed by atoms with Gasteiger partial charge in [-0.05, 0) is 63.0 Å². The van der Waals surface area contributed by atoms with Crippen LogP contribution < -0.4 is 5.56 Å². The zero-order chi connectivity index (χ0) is 30.8. The van der Waals surface area contributed by atoms with E-state index in [1.54, 1.807) is 80.5 Å². The molecule has 0 radical (unpaired) electrons. The molecule has 0 spiro atoms. The Morgan fingerprint density at radius 3 is 1.98 bits per heavy atom. The highest BCUT2D eigenvalue weighted by Crippen LogP contribution is 2.37. The lowest BCUT2D eigenvalue weighted by Gasteiger charge is -2.33. The minimum Gasteiger partial charge on any atom is -0.327 e. The normalized spacial score (nSPS) is 13.0. The number of carbonyl (C=O) groups excluding carboxylic acids is 1. The minimum absolute atomic E-state index is 0.0177. The number of rotatable bonds is 8.